The number of hydrogen-bond donors (Lipinski definition) is 1. The molecule has 1 amide bonds. The molecule has 0 aliphatic carbocycles. The lowest BCUT2D eigenvalue weighted by atomic mass is 10.2. The number of nitro benzene ring substituents is 1. The van der Waals surface area contributed by atoms with Crippen molar-refractivity contribution < 1.29 is 9.72 Å². The lowest BCUT2D eigenvalue weighted by Gasteiger charge is -2.09. The standard InChI is InChI=1S/C16H12ClN3O3/c17-11-4-1-3-10(7-11)9-19-13-5-2-6-14(20(22)23)12(13)8-15(19)16(18)21/h1-8H,9H2,(H2,18,21). The van der Waals surface area contributed by atoms with Crippen LogP contribution in [0.3, 0.4) is 0 Å². The first kappa shape index (κ1) is 15.1. The van der Waals surface area contributed by atoms with E-state index in [2.05, 4.69) is 0 Å². The van der Waals surface area contributed by atoms with Crippen LogP contribution in [0.15, 0.2) is 48.5 Å². The third-order valence-corrected chi connectivity index (χ3v) is 3.84. The summed E-state index contributed by atoms with van der Waals surface area (Å²) >= 11 is 5.98. The Kier molecular flexibility index (Phi) is 3.75. The Morgan fingerprint density at radius 1 is 1.22 bits per heavy atom. The lowest BCUT2D eigenvalue weighted by Crippen LogP contribution is -2.17. The molecule has 1 heterocycles. The molecule has 0 saturated carbocycles. The number of carbonyl (C=O) groups is 1. The number of aromatic nitrogens is 1. The van der Waals surface area contributed by atoms with E-state index in [9.17, 15) is 14.9 Å². The van der Waals surface area contributed by atoms with Crippen LogP contribution >= 0.6 is 11.6 Å². The van der Waals surface area contributed by atoms with E-state index in [0.717, 1.165) is 5.56 Å². The molecule has 23 heavy (non-hydrogen) atoms. The van der Waals surface area contributed by atoms with Crippen LogP contribution in [0.2, 0.25) is 5.02 Å². The average Bonchev–Trinajstić information content (AvgIpc) is 2.86. The number of amides is 1. The van der Waals surface area contributed by atoms with E-state index < -0.39 is 10.8 Å². The number of nitrogens with two attached hydrogens (primary N) is 1. The van der Waals surface area contributed by atoms with Crippen molar-refractivity contribution in [1.29, 1.82) is 0 Å². The second-order valence-electron chi connectivity index (χ2n) is 5.08. The molecule has 1 aromatic heterocycles. The van der Waals surface area contributed by atoms with Crippen LogP contribution in [0.5, 0.6) is 0 Å². The molecule has 7 heteroatoms. The van der Waals surface area contributed by atoms with Crippen molar-refractivity contribution in [3.63, 3.8) is 0 Å². The van der Waals surface area contributed by atoms with Gasteiger partial charge in [-0.25, -0.2) is 0 Å². The van der Waals surface area contributed by atoms with Crippen LogP contribution in [0.1, 0.15) is 16.1 Å². The molecule has 3 rings (SSSR count). The van der Waals surface area contributed by atoms with Gasteiger partial charge in [0.1, 0.15) is 5.69 Å². The van der Waals surface area contributed by atoms with Crippen LogP contribution < -0.4 is 5.73 Å². The largest absolute Gasteiger partial charge is 0.364 e. The van der Waals surface area contributed by atoms with E-state index in [4.69, 9.17) is 17.3 Å². The predicted molar refractivity (Wildman–Crippen MR) is 87.7 cm³/mol. The number of hydrogen-bond acceptors (Lipinski definition) is 3. The zero-order chi connectivity index (χ0) is 16.6. The van der Waals surface area contributed by atoms with Crippen molar-refractivity contribution >= 4 is 34.1 Å². The fraction of sp³-hybridized carbons (Fsp3) is 0.0625. The molecule has 0 saturated heterocycles. The molecule has 6 nitrogen and oxygen atoms in total. The third kappa shape index (κ3) is 2.76. The molecule has 0 fully saturated rings. The summed E-state index contributed by atoms with van der Waals surface area (Å²) in [5, 5.41) is 12.1. The van der Waals surface area contributed by atoms with E-state index in [1.54, 1.807) is 34.9 Å². The number of nitro groups is 1. The van der Waals surface area contributed by atoms with Gasteiger partial charge in [0.25, 0.3) is 11.6 Å². The zero-order valence-corrected chi connectivity index (χ0v) is 12.7. The molecular formula is C16H12ClN3O3. The second-order valence-corrected chi connectivity index (χ2v) is 5.51. The van der Waals surface area contributed by atoms with Crippen molar-refractivity contribution in [2.24, 2.45) is 5.73 Å². The fourth-order valence-electron chi connectivity index (χ4n) is 2.62. The normalized spacial score (nSPS) is 10.8. The molecule has 116 valence electrons. The molecule has 3 aromatic rings. The van der Waals surface area contributed by atoms with Gasteiger partial charge >= 0.3 is 0 Å². The Morgan fingerprint density at radius 3 is 2.61 bits per heavy atom. The first-order valence-electron chi connectivity index (χ1n) is 6.78. The molecule has 0 atom stereocenters. The topological polar surface area (TPSA) is 91.2 Å². The van der Waals surface area contributed by atoms with Crippen LogP contribution in [0.25, 0.3) is 10.9 Å². The Morgan fingerprint density at radius 2 is 1.96 bits per heavy atom. The number of halogens is 1. The van der Waals surface area contributed by atoms with Crippen molar-refractivity contribution in [3.8, 4) is 0 Å². The molecule has 0 radical (unpaired) electrons. The van der Waals surface area contributed by atoms with Gasteiger partial charge in [-0.1, -0.05) is 29.8 Å². The van der Waals surface area contributed by atoms with Gasteiger partial charge in [0.15, 0.2) is 0 Å². The number of primary amides is 1. The first-order chi connectivity index (χ1) is 11.0. The SMILES string of the molecule is NC(=O)c1cc2c([N+](=O)[O-])cccc2n1Cc1cccc(Cl)c1. The molecule has 0 bridgehead atoms. The number of nitrogens with zero attached hydrogens (tertiary/aromatic N) is 2. The van der Waals surface area contributed by atoms with Crippen molar-refractivity contribution in [3.05, 3.63) is 74.9 Å². The Balaban J connectivity index is 2.22. The minimum Gasteiger partial charge on any atom is -0.364 e. The maximum atomic E-state index is 11.7. The molecule has 2 aromatic carbocycles. The summed E-state index contributed by atoms with van der Waals surface area (Å²) in [4.78, 5) is 22.4. The minimum atomic E-state index is -0.641. The van der Waals surface area contributed by atoms with Crippen LogP contribution in [0.4, 0.5) is 5.69 Å². The Hall–Kier alpha value is -2.86. The summed E-state index contributed by atoms with van der Waals surface area (Å²) in [5.74, 6) is -0.641. The molecule has 0 aliphatic heterocycles. The number of rotatable bonds is 4. The van der Waals surface area contributed by atoms with Crippen LogP contribution in [-0.4, -0.2) is 15.4 Å². The van der Waals surface area contributed by atoms with Gasteiger partial charge in [-0.3, -0.25) is 14.9 Å². The molecular weight excluding hydrogens is 318 g/mol. The second kappa shape index (κ2) is 5.73. The number of carbonyl (C=O) groups excluding carboxylic acids is 1. The smallest absolute Gasteiger partial charge is 0.278 e. The van der Waals surface area contributed by atoms with E-state index >= 15 is 0 Å². The molecule has 0 spiro atoms. The number of fused-ring (bicyclic) bond motifs is 1. The van der Waals surface area contributed by atoms with E-state index in [1.807, 2.05) is 6.07 Å². The summed E-state index contributed by atoms with van der Waals surface area (Å²) in [6, 6.07) is 13.3. The highest BCUT2D eigenvalue weighted by Crippen LogP contribution is 2.29. The highest BCUT2D eigenvalue weighted by atomic mass is 35.5. The average molecular weight is 330 g/mol. The quantitative estimate of drug-likeness (QED) is 0.587. The van der Waals surface area contributed by atoms with Gasteiger partial charge in [0.05, 0.1) is 15.8 Å². The van der Waals surface area contributed by atoms with Crippen molar-refractivity contribution in [2.45, 2.75) is 6.54 Å². The summed E-state index contributed by atoms with van der Waals surface area (Å²) in [7, 11) is 0. The van der Waals surface area contributed by atoms with Crippen molar-refractivity contribution in [2.75, 3.05) is 0 Å². The third-order valence-electron chi connectivity index (χ3n) is 3.60. The van der Waals surface area contributed by atoms with E-state index in [-0.39, 0.29) is 11.4 Å². The number of non-ortho nitro benzene ring substituents is 1. The highest BCUT2D eigenvalue weighted by molar-refractivity contribution is 6.30. The molecule has 0 aliphatic rings. The monoisotopic (exact) mass is 329 g/mol. The van der Waals surface area contributed by atoms with Gasteiger partial charge in [-0.2, -0.15) is 0 Å². The van der Waals surface area contributed by atoms with Gasteiger partial charge in [0, 0.05) is 17.6 Å². The van der Waals surface area contributed by atoms with E-state index in [1.165, 1.54) is 12.1 Å². The Labute approximate surface area is 136 Å². The first-order valence-corrected chi connectivity index (χ1v) is 7.16. The predicted octanol–water partition coefficient (Wildman–Crippen LogP) is 3.35. The molecule has 2 N–H and O–H groups in total. The van der Waals surface area contributed by atoms with E-state index in [0.29, 0.717) is 22.5 Å². The fourth-order valence-corrected chi connectivity index (χ4v) is 2.83. The highest BCUT2D eigenvalue weighted by Gasteiger charge is 2.20. The summed E-state index contributed by atoms with van der Waals surface area (Å²) in [5.41, 5.74) is 7.03. The van der Waals surface area contributed by atoms with Crippen LogP contribution in [-0.2, 0) is 6.54 Å². The lowest BCUT2D eigenvalue weighted by molar-refractivity contribution is -0.383. The maximum absolute atomic E-state index is 11.7. The number of benzene rings is 2. The Bertz CT molecular complexity index is 933. The maximum Gasteiger partial charge on any atom is 0.278 e. The summed E-state index contributed by atoms with van der Waals surface area (Å²) in [6.45, 7) is 0.337. The molecule has 0 unspecified atom stereocenters. The summed E-state index contributed by atoms with van der Waals surface area (Å²) < 4.78 is 1.66. The van der Waals surface area contributed by atoms with Crippen molar-refractivity contribution in [1.82, 2.24) is 4.57 Å². The van der Waals surface area contributed by atoms with Gasteiger partial charge in [-0.05, 0) is 29.8 Å². The van der Waals surface area contributed by atoms with Gasteiger partial charge in [-0.15, -0.1) is 0 Å². The van der Waals surface area contributed by atoms with Gasteiger partial charge < -0.3 is 10.3 Å². The minimum absolute atomic E-state index is 0.0603. The van der Waals surface area contributed by atoms with Crippen LogP contribution in [0, 0.1) is 10.1 Å². The van der Waals surface area contributed by atoms with Gasteiger partial charge in [0.2, 0.25) is 0 Å². The summed E-state index contributed by atoms with van der Waals surface area (Å²) in [6.07, 6.45) is 0. The zero-order valence-electron chi connectivity index (χ0n) is 11.9.